The number of carbonyl (C=O) groups excluding carboxylic acids is 1. The van der Waals surface area contributed by atoms with Crippen molar-refractivity contribution in [1.29, 1.82) is 0 Å². The number of nitrogens with zero attached hydrogens (tertiary/aromatic N) is 1. The minimum absolute atomic E-state index is 0.0280. The maximum Gasteiger partial charge on any atom is 0.344 e. The molecule has 0 spiro atoms. The van der Waals surface area contributed by atoms with Crippen LogP contribution in [0.2, 0.25) is 0 Å². The Morgan fingerprint density at radius 3 is 2.39 bits per heavy atom. The van der Waals surface area contributed by atoms with Gasteiger partial charge in [0.1, 0.15) is 5.75 Å². The number of cyclic esters (lactones) is 1. The van der Waals surface area contributed by atoms with Gasteiger partial charge in [-0.25, -0.2) is 4.79 Å². The van der Waals surface area contributed by atoms with Gasteiger partial charge in [-0.1, -0.05) is 18.2 Å². The Hall–Kier alpha value is -3.15. The fourth-order valence-corrected chi connectivity index (χ4v) is 2.43. The van der Waals surface area contributed by atoms with Gasteiger partial charge in [-0.3, -0.25) is 10.1 Å². The van der Waals surface area contributed by atoms with Gasteiger partial charge in [0.15, 0.2) is 0 Å². The Labute approximate surface area is 132 Å². The number of rotatable bonds is 4. The highest BCUT2D eigenvalue weighted by molar-refractivity contribution is 6.06. The number of ether oxygens (including phenoxy) is 2. The number of benzene rings is 2. The molecule has 0 atom stereocenters. The van der Waals surface area contributed by atoms with Gasteiger partial charge in [-0.15, -0.1) is 0 Å². The Kier molecular flexibility index (Phi) is 3.80. The summed E-state index contributed by atoms with van der Waals surface area (Å²) in [7, 11) is 0. The molecule has 1 aliphatic heterocycles. The molecule has 0 saturated heterocycles. The lowest BCUT2D eigenvalue weighted by Crippen LogP contribution is -2.03. The highest BCUT2D eigenvalue weighted by Crippen LogP contribution is 2.36. The van der Waals surface area contributed by atoms with Gasteiger partial charge in [0, 0.05) is 5.56 Å². The second-order valence-corrected chi connectivity index (χ2v) is 4.83. The molecule has 0 saturated carbocycles. The molecule has 3 rings (SSSR count). The summed E-state index contributed by atoms with van der Waals surface area (Å²) >= 11 is 0. The summed E-state index contributed by atoms with van der Waals surface area (Å²) in [6.45, 7) is 2.36. The van der Waals surface area contributed by atoms with Crippen LogP contribution in [0.15, 0.2) is 48.5 Å². The zero-order valence-corrected chi connectivity index (χ0v) is 12.3. The van der Waals surface area contributed by atoms with Crippen molar-refractivity contribution in [3.05, 3.63) is 75.3 Å². The van der Waals surface area contributed by atoms with Crippen molar-refractivity contribution in [3.63, 3.8) is 0 Å². The number of esters is 1. The van der Waals surface area contributed by atoms with Gasteiger partial charge in [0.05, 0.1) is 22.7 Å². The first-order valence-corrected chi connectivity index (χ1v) is 7.05. The molecule has 1 heterocycles. The molecule has 0 aliphatic carbocycles. The van der Waals surface area contributed by atoms with E-state index in [4.69, 9.17) is 9.47 Å². The lowest BCUT2D eigenvalue weighted by Gasteiger charge is -2.05. The van der Waals surface area contributed by atoms with Crippen LogP contribution >= 0.6 is 0 Å². The maximum absolute atomic E-state index is 11.9. The SMILES string of the molecule is CCOc1ccc(/C(=C2\OC(=O)c3ccccc32)[N+](=O)[O-])cc1. The van der Waals surface area contributed by atoms with E-state index in [0.29, 0.717) is 29.0 Å². The van der Waals surface area contributed by atoms with E-state index in [9.17, 15) is 14.9 Å². The summed E-state index contributed by atoms with van der Waals surface area (Å²) in [6.07, 6.45) is 0. The van der Waals surface area contributed by atoms with Crippen LogP contribution in [0.5, 0.6) is 5.75 Å². The largest absolute Gasteiger partial charge is 0.494 e. The summed E-state index contributed by atoms with van der Waals surface area (Å²) in [5.41, 5.74) is 0.857. The third kappa shape index (κ3) is 2.66. The van der Waals surface area contributed by atoms with Crippen LogP contribution in [-0.4, -0.2) is 17.5 Å². The first-order valence-electron chi connectivity index (χ1n) is 7.05. The van der Waals surface area contributed by atoms with Crippen LogP contribution in [-0.2, 0) is 4.74 Å². The van der Waals surface area contributed by atoms with Crippen molar-refractivity contribution < 1.29 is 19.2 Å². The van der Waals surface area contributed by atoms with Crippen molar-refractivity contribution in [1.82, 2.24) is 0 Å². The molecule has 2 aromatic rings. The van der Waals surface area contributed by atoms with Crippen LogP contribution in [0.1, 0.15) is 28.4 Å². The van der Waals surface area contributed by atoms with Gasteiger partial charge >= 0.3 is 11.7 Å². The quantitative estimate of drug-likeness (QED) is 0.491. The zero-order valence-electron chi connectivity index (χ0n) is 12.3. The predicted octanol–water partition coefficient (Wildman–Crippen LogP) is 3.36. The van der Waals surface area contributed by atoms with Crippen LogP contribution in [0, 0.1) is 10.1 Å². The monoisotopic (exact) mass is 311 g/mol. The van der Waals surface area contributed by atoms with Crippen LogP contribution in [0.3, 0.4) is 0 Å². The van der Waals surface area contributed by atoms with E-state index in [-0.39, 0.29) is 11.5 Å². The molecule has 0 radical (unpaired) electrons. The molecular weight excluding hydrogens is 298 g/mol. The third-order valence-electron chi connectivity index (χ3n) is 3.42. The molecule has 0 aromatic heterocycles. The standard InChI is InChI=1S/C17H13NO5/c1-2-22-12-9-7-11(8-10-12)15(18(20)21)16-13-5-3-4-6-14(13)17(19)23-16/h3-10H,2H2,1H3/b16-15+. The minimum Gasteiger partial charge on any atom is -0.494 e. The van der Waals surface area contributed by atoms with Crippen LogP contribution in [0.25, 0.3) is 11.5 Å². The lowest BCUT2D eigenvalue weighted by atomic mass is 10.0. The van der Waals surface area contributed by atoms with Gasteiger partial charge in [-0.05, 0) is 37.3 Å². The average molecular weight is 311 g/mol. The molecule has 6 heteroatoms. The first kappa shape index (κ1) is 14.8. The number of fused-ring (bicyclic) bond motifs is 1. The fourth-order valence-electron chi connectivity index (χ4n) is 2.43. The zero-order chi connectivity index (χ0) is 16.4. The molecule has 0 unspecified atom stereocenters. The lowest BCUT2D eigenvalue weighted by molar-refractivity contribution is -0.375. The van der Waals surface area contributed by atoms with Gasteiger partial charge in [0.2, 0.25) is 5.76 Å². The molecule has 0 N–H and O–H groups in total. The average Bonchev–Trinajstić information content (AvgIpc) is 2.87. The van der Waals surface area contributed by atoms with Crippen molar-refractivity contribution in [2.45, 2.75) is 6.92 Å². The molecule has 0 bridgehead atoms. The van der Waals surface area contributed by atoms with E-state index in [1.807, 2.05) is 6.92 Å². The van der Waals surface area contributed by atoms with Crippen LogP contribution < -0.4 is 4.74 Å². The van der Waals surface area contributed by atoms with Gasteiger partial charge in [-0.2, -0.15) is 0 Å². The second-order valence-electron chi connectivity index (χ2n) is 4.83. The molecule has 0 fully saturated rings. The highest BCUT2D eigenvalue weighted by atomic mass is 16.6. The van der Waals surface area contributed by atoms with E-state index < -0.39 is 10.9 Å². The topological polar surface area (TPSA) is 78.7 Å². The number of hydrogen-bond acceptors (Lipinski definition) is 5. The summed E-state index contributed by atoms with van der Waals surface area (Å²) < 4.78 is 10.5. The van der Waals surface area contributed by atoms with Crippen LogP contribution in [0.4, 0.5) is 0 Å². The molecule has 1 aliphatic rings. The first-order chi connectivity index (χ1) is 11.1. The van der Waals surface area contributed by atoms with E-state index in [0.717, 1.165) is 0 Å². The minimum atomic E-state index is -0.583. The van der Waals surface area contributed by atoms with Gasteiger partial charge < -0.3 is 9.47 Å². The van der Waals surface area contributed by atoms with E-state index in [2.05, 4.69) is 0 Å². The summed E-state index contributed by atoms with van der Waals surface area (Å²) in [5.74, 6) is 0.00779. The molecule has 0 amide bonds. The number of carbonyl (C=O) groups is 1. The summed E-state index contributed by atoms with van der Waals surface area (Å²) in [4.78, 5) is 22.9. The highest BCUT2D eigenvalue weighted by Gasteiger charge is 2.34. The van der Waals surface area contributed by atoms with Crippen molar-refractivity contribution in [2.75, 3.05) is 6.61 Å². The Balaban J connectivity index is 2.13. The van der Waals surface area contributed by atoms with Gasteiger partial charge in [0.25, 0.3) is 0 Å². The molecule has 2 aromatic carbocycles. The normalized spacial score (nSPS) is 14.9. The van der Waals surface area contributed by atoms with Crippen molar-refractivity contribution >= 4 is 17.4 Å². The Morgan fingerprint density at radius 1 is 1.13 bits per heavy atom. The second kappa shape index (κ2) is 5.92. The van der Waals surface area contributed by atoms with E-state index >= 15 is 0 Å². The summed E-state index contributed by atoms with van der Waals surface area (Å²) in [6, 6.07) is 13.0. The maximum atomic E-state index is 11.9. The van der Waals surface area contributed by atoms with E-state index in [1.165, 1.54) is 0 Å². The third-order valence-corrected chi connectivity index (χ3v) is 3.42. The molecule has 23 heavy (non-hydrogen) atoms. The Morgan fingerprint density at radius 2 is 1.78 bits per heavy atom. The molecular formula is C17H13NO5. The number of hydrogen-bond donors (Lipinski definition) is 0. The summed E-state index contributed by atoms with van der Waals surface area (Å²) in [5, 5.41) is 11.5. The number of nitro groups is 1. The predicted molar refractivity (Wildman–Crippen MR) is 83.3 cm³/mol. The Bertz CT molecular complexity index is 808. The fraction of sp³-hybridized carbons (Fsp3) is 0.118. The molecule has 116 valence electrons. The van der Waals surface area contributed by atoms with Crippen molar-refractivity contribution in [3.8, 4) is 5.75 Å². The van der Waals surface area contributed by atoms with Crippen molar-refractivity contribution in [2.24, 2.45) is 0 Å². The smallest absolute Gasteiger partial charge is 0.344 e. The van der Waals surface area contributed by atoms with E-state index in [1.54, 1.807) is 48.5 Å². The molecule has 6 nitrogen and oxygen atoms in total.